The van der Waals surface area contributed by atoms with Crippen LogP contribution < -0.4 is 10.6 Å². The molecule has 5 atom stereocenters. The minimum atomic E-state index is -0.337. The summed E-state index contributed by atoms with van der Waals surface area (Å²) in [6, 6.07) is 0.901. The maximum absolute atomic E-state index is 12.7. The number of carbonyl (C=O) groups excluding carboxylic acids is 1. The fourth-order valence-electron chi connectivity index (χ4n) is 5.42. The number of ketones is 1. The second-order valence-electron chi connectivity index (χ2n) is 8.39. The van der Waals surface area contributed by atoms with Crippen molar-refractivity contribution in [3.05, 3.63) is 0 Å². The fraction of sp³-hybridized carbons (Fsp3) is 0.842. The largest absolute Gasteiger partial charge is 0.459 e. The lowest BCUT2D eigenvalue weighted by atomic mass is 9.68. The summed E-state index contributed by atoms with van der Waals surface area (Å²) in [6.45, 7) is 1.34. The average Bonchev–Trinajstić information content (AvgIpc) is 3.04. The zero-order valence-corrected chi connectivity index (χ0v) is 15.2. The Morgan fingerprint density at radius 3 is 2.81 bits per heavy atom. The van der Waals surface area contributed by atoms with Crippen LogP contribution in [-0.2, 0) is 14.3 Å². The molecule has 7 nitrogen and oxygen atoms in total. The Labute approximate surface area is 154 Å². The lowest BCUT2D eigenvalue weighted by Crippen LogP contribution is -2.69. The molecule has 0 amide bonds. The molecule has 3 heterocycles. The molecule has 2 N–H and O–H groups in total. The zero-order chi connectivity index (χ0) is 17.6. The van der Waals surface area contributed by atoms with Crippen LogP contribution in [0.3, 0.4) is 0 Å². The molecule has 0 aromatic carbocycles. The van der Waals surface area contributed by atoms with Crippen LogP contribution >= 0.6 is 0 Å². The summed E-state index contributed by atoms with van der Waals surface area (Å²) in [4.78, 5) is 22.3. The smallest absolute Gasteiger partial charge is 0.292 e. The molecule has 5 rings (SSSR count). The van der Waals surface area contributed by atoms with Crippen LogP contribution in [0.5, 0.6) is 0 Å². The van der Waals surface area contributed by atoms with Gasteiger partial charge in [-0.15, -0.1) is 0 Å². The quantitative estimate of drug-likeness (QED) is 0.684. The molecule has 5 unspecified atom stereocenters. The molecule has 0 bridgehead atoms. The van der Waals surface area contributed by atoms with E-state index in [1.54, 1.807) is 0 Å². The second-order valence-corrected chi connectivity index (χ2v) is 8.39. The number of hydrogen-bond acceptors (Lipinski definition) is 7. The van der Waals surface area contributed by atoms with E-state index in [-0.39, 0.29) is 29.6 Å². The van der Waals surface area contributed by atoms with Crippen molar-refractivity contribution in [1.29, 1.82) is 0 Å². The van der Waals surface area contributed by atoms with E-state index in [1.165, 1.54) is 12.8 Å². The number of carbonyl (C=O) groups is 1. The van der Waals surface area contributed by atoms with Gasteiger partial charge in [0.15, 0.2) is 5.96 Å². The Balaban J connectivity index is 1.38. The minimum Gasteiger partial charge on any atom is -0.459 e. The van der Waals surface area contributed by atoms with Gasteiger partial charge >= 0.3 is 0 Å². The molecule has 2 aliphatic carbocycles. The highest BCUT2D eigenvalue weighted by molar-refractivity contribution is 5.98. The van der Waals surface area contributed by atoms with Gasteiger partial charge in [-0.2, -0.15) is 0 Å². The van der Waals surface area contributed by atoms with Gasteiger partial charge in [0, 0.05) is 13.0 Å². The van der Waals surface area contributed by atoms with Crippen molar-refractivity contribution in [2.24, 2.45) is 15.9 Å². The van der Waals surface area contributed by atoms with E-state index in [9.17, 15) is 4.79 Å². The highest BCUT2D eigenvalue weighted by Crippen LogP contribution is 2.39. The predicted octanol–water partition coefficient (Wildman–Crippen LogP) is 1.52. The van der Waals surface area contributed by atoms with Crippen LogP contribution in [0.25, 0.3) is 0 Å². The first-order valence-corrected chi connectivity index (χ1v) is 10.2. The Bertz CT molecular complexity index is 641. The molecule has 3 aliphatic heterocycles. The van der Waals surface area contributed by atoms with E-state index in [4.69, 9.17) is 19.5 Å². The van der Waals surface area contributed by atoms with Crippen LogP contribution in [0.1, 0.15) is 57.8 Å². The zero-order valence-electron chi connectivity index (χ0n) is 15.2. The molecular formula is C19H28N4O3. The molecule has 1 saturated heterocycles. The summed E-state index contributed by atoms with van der Waals surface area (Å²) in [6.07, 6.45) is 9.32. The van der Waals surface area contributed by atoms with Gasteiger partial charge in [-0.05, 0) is 44.9 Å². The lowest BCUT2D eigenvalue weighted by molar-refractivity contribution is -0.132. The number of rotatable bonds is 0. The highest BCUT2D eigenvalue weighted by Gasteiger charge is 2.52. The van der Waals surface area contributed by atoms with E-state index in [1.807, 2.05) is 0 Å². The number of nitrogens with one attached hydrogen (secondary N) is 2. The second kappa shape index (κ2) is 6.51. The molecule has 3 fully saturated rings. The standard InChI is InChI=1S/C19H28N4O3/c24-14-7-3-6-13-16(14)19(9-4-10-25-11-19)23-17(20-13)22-18-21-12-5-1-2-8-15(12)26-18/h12-13,15-16H,1-11H2,(H2,20,21,22,23). The monoisotopic (exact) mass is 360 g/mol. The molecule has 5 aliphatic rings. The predicted molar refractivity (Wildman–Crippen MR) is 97.2 cm³/mol. The first kappa shape index (κ1) is 16.5. The van der Waals surface area contributed by atoms with E-state index in [2.05, 4.69) is 10.6 Å². The van der Waals surface area contributed by atoms with Gasteiger partial charge in [-0.3, -0.25) is 10.1 Å². The molecule has 7 heteroatoms. The molecular weight excluding hydrogens is 332 g/mol. The molecule has 0 aromatic rings. The van der Waals surface area contributed by atoms with E-state index in [0.717, 1.165) is 45.1 Å². The number of hydrogen-bond donors (Lipinski definition) is 2. The third-order valence-corrected chi connectivity index (χ3v) is 6.62. The van der Waals surface area contributed by atoms with Crippen molar-refractivity contribution in [2.75, 3.05) is 13.2 Å². The van der Waals surface area contributed by atoms with Crippen molar-refractivity contribution in [1.82, 2.24) is 10.6 Å². The van der Waals surface area contributed by atoms with Crippen molar-refractivity contribution in [2.45, 2.75) is 81.5 Å². The van der Waals surface area contributed by atoms with Crippen molar-refractivity contribution < 1.29 is 14.3 Å². The number of amidine groups is 1. The average molecular weight is 360 g/mol. The minimum absolute atomic E-state index is 0.0333. The first-order valence-electron chi connectivity index (χ1n) is 10.2. The maximum atomic E-state index is 12.7. The topological polar surface area (TPSA) is 84.3 Å². The normalized spacial score (nSPS) is 42.1. The summed E-state index contributed by atoms with van der Waals surface area (Å²) in [5, 5.41) is 6.83. The Hall–Kier alpha value is -1.63. The van der Waals surface area contributed by atoms with Crippen LogP contribution in [0.2, 0.25) is 0 Å². The molecule has 1 spiro atoms. The lowest BCUT2D eigenvalue weighted by Gasteiger charge is -2.50. The molecule has 2 saturated carbocycles. The van der Waals surface area contributed by atoms with Gasteiger partial charge in [-0.25, -0.2) is 9.98 Å². The number of ether oxygens (including phenoxy) is 2. The highest BCUT2D eigenvalue weighted by atomic mass is 16.5. The first-order chi connectivity index (χ1) is 12.7. The van der Waals surface area contributed by atoms with E-state index < -0.39 is 0 Å². The van der Waals surface area contributed by atoms with E-state index in [0.29, 0.717) is 30.8 Å². The fourth-order valence-corrected chi connectivity index (χ4v) is 5.42. The summed E-state index contributed by atoms with van der Waals surface area (Å²) in [5.41, 5.74) is -0.337. The molecule has 0 aromatic heterocycles. The third kappa shape index (κ3) is 2.80. The summed E-state index contributed by atoms with van der Waals surface area (Å²) in [7, 11) is 0. The number of fused-ring (bicyclic) bond motifs is 3. The Morgan fingerprint density at radius 2 is 1.96 bits per heavy atom. The van der Waals surface area contributed by atoms with Crippen molar-refractivity contribution >= 4 is 17.8 Å². The molecule has 142 valence electrons. The van der Waals surface area contributed by atoms with Crippen LogP contribution in [0.4, 0.5) is 0 Å². The van der Waals surface area contributed by atoms with Gasteiger partial charge in [0.25, 0.3) is 6.02 Å². The Kier molecular flexibility index (Phi) is 4.14. The van der Waals surface area contributed by atoms with Crippen LogP contribution in [0.15, 0.2) is 9.98 Å². The van der Waals surface area contributed by atoms with Crippen LogP contribution in [-0.4, -0.2) is 54.7 Å². The van der Waals surface area contributed by atoms with Gasteiger partial charge in [0.2, 0.25) is 0 Å². The number of nitrogens with zero attached hydrogens (tertiary/aromatic N) is 2. The van der Waals surface area contributed by atoms with Crippen molar-refractivity contribution in [3.8, 4) is 0 Å². The summed E-state index contributed by atoms with van der Waals surface area (Å²) < 4.78 is 11.8. The summed E-state index contributed by atoms with van der Waals surface area (Å²) >= 11 is 0. The SMILES string of the molecule is O=C1CCCC2N=C(NC3=NC4CCCCC4O3)NC3(CCCOC3)C12. The molecule has 0 radical (unpaired) electrons. The third-order valence-electron chi connectivity index (χ3n) is 6.62. The van der Waals surface area contributed by atoms with Crippen molar-refractivity contribution in [3.63, 3.8) is 0 Å². The summed E-state index contributed by atoms with van der Waals surface area (Å²) in [5.74, 6) is 0.961. The maximum Gasteiger partial charge on any atom is 0.292 e. The van der Waals surface area contributed by atoms with Gasteiger partial charge in [-0.1, -0.05) is 6.42 Å². The van der Waals surface area contributed by atoms with E-state index >= 15 is 0 Å². The molecule has 26 heavy (non-hydrogen) atoms. The number of aliphatic imine (C=N–C) groups is 2. The van der Waals surface area contributed by atoms with Gasteiger partial charge < -0.3 is 14.8 Å². The van der Waals surface area contributed by atoms with Gasteiger partial charge in [0.05, 0.1) is 30.1 Å². The van der Waals surface area contributed by atoms with Crippen LogP contribution in [0, 0.1) is 5.92 Å². The number of Topliss-reactive ketones (excluding diaryl/α,β-unsaturated/α-hetero) is 1. The Morgan fingerprint density at radius 1 is 1.08 bits per heavy atom. The van der Waals surface area contributed by atoms with Gasteiger partial charge in [0.1, 0.15) is 11.9 Å². The number of guanidine groups is 1.